The Hall–Kier alpha value is -4.45. The highest BCUT2D eigenvalue weighted by molar-refractivity contribution is 5.96. The van der Waals surface area contributed by atoms with Crippen LogP contribution in [0.25, 0.3) is 0 Å². The van der Waals surface area contributed by atoms with Crippen molar-refractivity contribution in [2.75, 3.05) is 13.7 Å². The molecule has 4 atom stereocenters. The number of methoxy groups -OCH3 is 1. The Bertz CT molecular complexity index is 1370. The lowest BCUT2D eigenvalue weighted by Gasteiger charge is -2.32. The molecule has 0 aromatic heterocycles. The normalized spacial score (nSPS) is 19.0. The number of carbonyl (C=O) groups is 4. The first-order valence-corrected chi connectivity index (χ1v) is 15.3. The first-order chi connectivity index (χ1) is 21.6. The van der Waals surface area contributed by atoms with Crippen LogP contribution in [0.5, 0.6) is 5.75 Å². The number of benzene rings is 2. The highest BCUT2D eigenvalue weighted by Gasteiger charge is 2.41. The topological polar surface area (TPSA) is 139 Å². The Balaban J connectivity index is 1.35. The number of hydrogen-bond donors (Lipinski definition) is 2. The van der Waals surface area contributed by atoms with Crippen LogP contribution in [0.4, 0.5) is 4.79 Å². The molecule has 4 amide bonds. The van der Waals surface area contributed by atoms with Crippen molar-refractivity contribution in [3.05, 3.63) is 65.7 Å². The predicted octanol–water partition coefficient (Wildman–Crippen LogP) is 3.45. The first-order valence-electron chi connectivity index (χ1n) is 15.3. The lowest BCUT2D eigenvalue weighted by molar-refractivity contribution is -0.171. The molecule has 0 saturated carbocycles. The van der Waals surface area contributed by atoms with E-state index in [-0.39, 0.29) is 24.3 Å². The number of rotatable bonds is 12. The van der Waals surface area contributed by atoms with Gasteiger partial charge in [-0.2, -0.15) is 5.06 Å². The smallest absolute Gasteiger partial charge is 0.408 e. The molecule has 12 heteroatoms. The van der Waals surface area contributed by atoms with Gasteiger partial charge in [0, 0.05) is 13.0 Å². The summed E-state index contributed by atoms with van der Waals surface area (Å²) in [7, 11) is 1.59. The van der Waals surface area contributed by atoms with Gasteiger partial charge in [0.25, 0.3) is 5.91 Å². The van der Waals surface area contributed by atoms with Gasteiger partial charge in [-0.25, -0.2) is 14.6 Å². The third-order valence-corrected chi connectivity index (χ3v) is 7.82. The van der Waals surface area contributed by atoms with E-state index in [4.69, 9.17) is 14.3 Å². The third kappa shape index (κ3) is 8.81. The van der Waals surface area contributed by atoms with Gasteiger partial charge in [0.05, 0.1) is 7.11 Å². The zero-order chi connectivity index (χ0) is 32.5. The number of nitrogens with zero attached hydrogens (tertiary/aromatic N) is 3. The zero-order valence-electron chi connectivity index (χ0n) is 26.5. The molecule has 2 unspecified atom stereocenters. The molecule has 2 heterocycles. The fourth-order valence-electron chi connectivity index (χ4n) is 5.31. The standard InChI is InChI=1S/C33H43N5O7/c1-21(2)28(36-33(42)44-19-23-11-7-6-8-12-23)31(40)37-16-10-15-26(37)30(39)35-29(22(3)4)32(41)38-20-34-27(45-38)18-24-13-9-14-25(17-24)43-5/h6-9,11-14,17,20-22,26-29H,10,15-16,18-19H2,1-5H3,(H,35,39)(H,36,42)/t26-,27?,28-,29?/m0/s1. The molecule has 2 aromatic carbocycles. The number of aliphatic imine (C=N–C) groups is 1. The van der Waals surface area contributed by atoms with Crippen molar-refractivity contribution in [3.63, 3.8) is 0 Å². The molecular weight excluding hydrogens is 578 g/mol. The summed E-state index contributed by atoms with van der Waals surface area (Å²) < 4.78 is 10.6. The molecule has 1 saturated heterocycles. The van der Waals surface area contributed by atoms with E-state index in [0.717, 1.165) is 16.2 Å². The van der Waals surface area contributed by atoms with Crippen LogP contribution in [-0.4, -0.2) is 78.1 Å². The molecule has 45 heavy (non-hydrogen) atoms. The van der Waals surface area contributed by atoms with Crippen molar-refractivity contribution >= 4 is 30.2 Å². The van der Waals surface area contributed by atoms with Crippen LogP contribution in [0.15, 0.2) is 59.6 Å². The monoisotopic (exact) mass is 621 g/mol. The number of likely N-dealkylation sites (tertiary alicyclic amines) is 1. The quantitative estimate of drug-likeness (QED) is 0.370. The number of alkyl carbamates (subject to hydrolysis) is 1. The number of carbonyl (C=O) groups excluding carboxylic acids is 4. The minimum absolute atomic E-state index is 0.0677. The largest absolute Gasteiger partial charge is 0.497 e. The third-order valence-electron chi connectivity index (χ3n) is 7.82. The summed E-state index contributed by atoms with van der Waals surface area (Å²) in [5, 5.41) is 6.60. The number of amides is 4. The first kappa shape index (κ1) is 33.4. The molecule has 0 bridgehead atoms. The summed E-state index contributed by atoms with van der Waals surface area (Å²) >= 11 is 0. The van der Waals surface area contributed by atoms with Crippen molar-refractivity contribution in [1.82, 2.24) is 20.6 Å². The molecule has 0 spiro atoms. The maximum Gasteiger partial charge on any atom is 0.408 e. The van der Waals surface area contributed by atoms with E-state index in [1.54, 1.807) is 7.11 Å². The van der Waals surface area contributed by atoms with Gasteiger partial charge < -0.3 is 25.0 Å². The van der Waals surface area contributed by atoms with E-state index in [9.17, 15) is 19.2 Å². The summed E-state index contributed by atoms with van der Waals surface area (Å²) in [5.41, 5.74) is 1.76. The Kier molecular flexibility index (Phi) is 11.5. The van der Waals surface area contributed by atoms with Gasteiger partial charge in [0.1, 0.15) is 36.8 Å². The molecular formula is C33H43N5O7. The summed E-state index contributed by atoms with van der Waals surface area (Å²) in [6.07, 6.45) is 1.49. The highest BCUT2D eigenvalue weighted by Crippen LogP contribution is 2.23. The van der Waals surface area contributed by atoms with Crippen molar-refractivity contribution in [1.29, 1.82) is 0 Å². The van der Waals surface area contributed by atoms with Crippen LogP contribution >= 0.6 is 0 Å². The fourth-order valence-corrected chi connectivity index (χ4v) is 5.31. The number of ether oxygens (including phenoxy) is 2. The second kappa shape index (κ2) is 15.5. The number of hydroxylamine groups is 2. The summed E-state index contributed by atoms with van der Waals surface area (Å²) in [6.45, 7) is 7.70. The molecule has 242 valence electrons. The zero-order valence-corrected chi connectivity index (χ0v) is 26.5. The average Bonchev–Trinajstić information content (AvgIpc) is 3.71. The van der Waals surface area contributed by atoms with Gasteiger partial charge in [0.15, 0.2) is 6.23 Å². The van der Waals surface area contributed by atoms with E-state index >= 15 is 0 Å². The van der Waals surface area contributed by atoms with Crippen molar-refractivity contribution in [2.24, 2.45) is 16.8 Å². The molecule has 0 radical (unpaired) electrons. The molecule has 2 N–H and O–H groups in total. The molecule has 2 aliphatic rings. The lowest BCUT2D eigenvalue weighted by atomic mass is 10.0. The van der Waals surface area contributed by atoms with E-state index in [1.807, 2.05) is 82.3 Å². The van der Waals surface area contributed by atoms with E-state index in [1.165, 1.54) is 11.2 Å². The SMILES string of the molecule is COc1cccc(CC2N=CN(C(=O)C(NC(=O)[C@@H]3CCCN3C(=O)[C@@H](NC(=O)OCc3ccccc3)C(C)C)C(C)C)O2)c1. The lowest BCUT2D eigenvalue weighted by Crippen LogP contribution is -2.58. The summed E-state index contributed by atoms with van der Waals surface area (Å²) in [6, 6.07) is 14.2. The van der Waals surface area contributed by atoms with Crippen LogP contribution in [0.1, 0.15) is 51.7 Å². The minimum Gasteiger partial charge on any atom is -0.497 e. The van der Waals surface area contributed by atoms with Crippen LogP contribution in [0.2, 0.25) is 0 Å². The van der Waals surface area contributed by atoms with Crippen LogP contribution in [0.3, 0.4) is 0 Å². The second-order valence-corrected chi connectivity index (χ2v) is 11.9. The summed E-state index contributed by atoms with van der Waals surface area (Å²) in [4.78, 5) is 64.9. The number of hydrogen-bond acceptors (Lipinski definition) is 8. The van der Waals surface area contributed by atoms with Gasteiger partial charge in [-0.05, 0) is 47.9 Å². The fraction of sp³-hybridized carbons (Fsp3) is 0.485. The Morgan fingerprint density at radius 2 is 1.62 bits per heavy atom. The number of nitrogens with one attached hydrogen (secondary N) is 2. The van der Waals surface area contributed by atoms with Gasteiger partial charge in [-0.3, -0.25) is 14.4 Å². The average molecular weight is 622 g/mol. The maximum atomic E-state index is 13.7. The van der Waals surface area contributed by atoms with E-state index in [2.05, 4.69) is 15.6 Å². The molecule has 4 rings (SSSR count). The van der Waals surface area contributed by atoms with Gasteiger partial charge in [-0.1, -0.05) is 70.2 Å². The predicted molar refractivity (Wildman–Crippen MR) is 167 cm³/mol. The molecule has 2 aromatic rings. The van der Waals surface area contributed by atoms with Crippen molar-refractivity contribution in [3.8, 4) is 5.75 Å². The minimum atomic E-state index is -0.913. The van der Waals surface area contributed by atoms with Crippen LogP contribution in [-0.2, 0) is 37.0 Å². The van der Waals surface area contributed by atoms with Crippen molar-refractivity contribution < 1.29 is 33.5 Å². The molecule has 2 aliphatic heterocycles. The molecule has 12 nitrogen and oxygen atoms in total. The van der Waals surface area contributed by atoms with Gasteiger partial charge in [0.2, 0.25) is 11.8 Å². The highest BCUT2D eigenvalue weighted by atomic mass is 16.7. The van der Waals surface area contributed by atoms with Gasteiger partial charge in [-0.15, -0.1) is 0 Å². The van der Waals surface area contributed by atoms with Crippen LogP contribution in [0, 0.1) is 11.8 Å². The molecule has 1 fully saturated rings. The van der Waals surface area contributed by atoms with Crippen molar-refractivity contribution in [2.45, 2.75) is 77.9 Å². The Morgan fingerprint density at radius 1 is 0.933 bits per heavy atom. The Morgan fingerprint density at radius 3 is 2.31 bits per heavy atom. The molecule has 0 aliphatic carbocycles. The second-order valence-electron chi connectivity index (χ2n) is 11.9. The Labute approximate surface area is 264 Å². The summed E-state index contributed by atoms with van der Waals surface area (Å²) in [5.74, 6) is -1.09. The van der Waals surface area contributed by atoms with Gasteiger partial charge >= 0.3 is 6.09 Å². The van der Waals surface area contributed by atoms with Crippen LogP contribution < -0.4 is 15.4 Å². The van der Waals surface area contributed by atoms with E-state index < -0.39 is 42.3 Å². The van der Waals surface area contributed by atoms with E-state index in [0.29, 0.717) is 31.6 Å². The maximum absolute atomic E-state index is 13.7.